The molecule has 0 saturated heterocycles. The molecule has 0 atom stereocenters. The second-order valence-electron chi connectivity index (χ2n) is 6.62. The molecule has 0 fully saturated rings. The molecule has 0 bridgehead atoms. The van der Waals surface area contributed by atoms with Crippen LogP contribution in [0.2, 0.25) is 0 Å². The highest BCUT2D eigenvalue weighted by molar-refractivity contribution is 7.67. The number of amides is 1. The Labute approximate surface area is 180 Å². The van der Waals surface area contributed by atoms with Crippen molar-refractivity contribution < 1.29 is 17.5 Å². The first-order valence-electron chi connectivity index (χ1n) is 8.99. The average molecular weight is 447 g/mol. The van der Waals surface area contributed by atoms with Crippen molar-refractivity contribution in [3.8, 4) is 10.6 Å². The number of carbonyl (C=O) groups excluding carboxylic acids is 1. The van der Waals surface area contributed by atoms with Gasteiger partial charge in [-0.15, -0.1) is 11.3 Å². The molecule has 2 aromatic carbocycles. The number of thiazole rings is 1. The van der Waals surface area contributed by atoms with Crippen LogP contribution >= 0.6 is 11.3 Å². The molecule has 0 radical (unpaired) electrons. The van der Waals surface area contributed by atoms with E-state index in [1.807, 2.05) is 43.7 Å². The number of carbonyl (C=O) groups is 1. The number of nitrogens with one attached hydrogen (secondary N) is 1. The molecule has 0 aliphatic rings. The van der Waals surface area contributed by atoms with Crippen LogP contribution < -0.4 is 15.3 Å². The predicted octanol–water partition coefficient (Wildman–Crippen LogP) is 2.70. The number of rotatable bonds is 8. The number of anilines is 2. The van der Waals surface area contributed by atoms with E-state index in [4.69, 9.17) is 4.28 Å². The highest BCUT2D eigenvalue weighted by Gasteiger charge is 2.15. The molecule has 8 nitrogen and oxygen atoms in total. The van der Waals surface area contributed by atoms with Gasteiger partial charge in [-0.2, -0.15) is 4.28 Å². The molecule has 1 N–H and O–H groups in total. The van der Waals surface area contributed by atoms with E-state index >= 15 is 0 Å². The van der Waals surface area contributed by atoms with Gasteiger partial charge in [0.1, 0.15) is 5.01 Å². The van der Waals surface area contributed by atoms with Gasteiger partial charge in [0.25, 0.3) is 16.9 Å². The van der Waals surface area contributed by atoms with Gasteiger partial charge in [-0.05, 0) is 29.8 Å². The Balaban J connectivity index is 1.76. The molecule has 10 heteroatoms. The fraction of sp³-hybridized carbons (Fsp3) is 0.200. The minimum absolute atomic E-state index is 0.277. The van der Waals surface area contributed by atoms with Gasteiger partial charge in [-0.3, -0.25) is 4.79 Å². The van der Waals surface area contributed by atoms with Crippen LogP contribution in [0, 0.1) is 0 Å². The highest BCUT2D eigenvalue weighted by atomic mass is 32.2. The van der Waals surface area contributed by atoms with Gasteiger partial charge in [0.05, 0.1) is 11.4 Å². The molecule has 3 rings (SSSR count). The maximum Gasteiger partial charge on any atom is 0.277 e. The molecule has 0 unspecified atom stereocenters. The lowest BCUT2D eigenvalue weighted by atomic mass is 10.1. The van der Waals surface area contributed by atoms with Crippen LogP contribution in [0.5, 0.6) is 0 Å². The third-order valence-electron chi connectivity index (χ3n) is 4.31. The number of hydrogen-bond acceptors (Lipinski definition) is 8. The summed E-state index contributed by atoms with van der Waals surface area (Å²) < 4.78 is 26.6. The Hall–Kier alpha value is -2.95. The second-order valence-corrected chi connectivity index (χ2v) is 8.13. The lowest BCUT2D eigenvalue weighted by Gasteiger charge is -2.23. The first-order valence-corrected chi connectivity index (χ1v) is 11.0. The average Bonchev–Trinajstić information content (AvgIpc) is 3.26. The van der Waals surface area contributed by atoms with Crippen LogP contribution in [0.3, 0.4) is 0 Å². The van der Waals surface area contributed by atoms with E-state index in [2.05, 4.69) is 10.3 Å². The van der Waals surface area contributed by atoms with Gasteiger partial charge in [-0.25, -0.2) is 18.5 Å². The third kappa shape index (κ3) is 5.35. The molecule has 158 valence electrons. The number of hydrogen-bond donors (Lipinski definition) is 2. The van der Waals surface area contributed by atoms with Crippen LogP contribution in [-0.4, -0.2) is 40.5 Å². The van der Waals surface area contributed by atoms with E-state index in [1.54, 1.807) is 40.6 Å². The molecule has 1 aromatic heterocycles. The minimum atomic E-state index is -3.07. The first kappa shape index (κ1) is 21.8. The van der Waals surface area contributed by atoms with Crippen LogP contribution in [0.4, 0.5) is 11.4 Å². The van der Waals surface area contributed by atoms with Gasteiger partial charge in [-0.1, -0.05) is 18.2 Å². The van der Waals surface area contributed by atoms with Crippen molar-refractivity contribution >= 4 is 39.6 Å². The Morgan fingerprint density at radius 2 is 1.93 bits per heavy atom. The number of benzene rings is 2. The zero-order valence-corrected chi connectivity index (χ0v) is 18.4. The van der Waals surface area contributed by atoms with Crippen molar-refractivity contribution in [2.45, 2.75) is 6.54 Å². The lowest BCUT2D eigenvalue weighted by molar-refractivity contribution is 0.0951. The summed E-state index contributed by atoms with van der Waals surface area (Å²) in [5.41, 5.74) is 3.51. The van der Waals surface area contributed by atoms with E-state index in [9.17, 15) is 13.2 Å². The summed E-state index contributed by atoms with van der Waals surface area (Å²) in [4.78, 5) is 18.8. The normalized spacial score (nSPS) is 10.8. The summed E-state index contributed by atoms with van der Waals surface area (Å²) in [6, 6.07) is 12.9. The van der Waals surface area contributed by atoms with Crippen molar-refractivity contribution in [2.24, 2.45) is 0 Å². The molecular weight excluding hydrogens is 424 g/mol. The fourth-order valence-corrected chi connectivity index (χ4v) is 3.83. The minimum Gasteiger partial charge on any atom is -0.376 e. The van der Waals surface area contributed by atoms with Crippen LogP contribution in [0.1, 0.15) is 15.9 Å². The number of hydroxylamine groups is 1. The molecule has 3 aromatic rings. The van der Waals surface area contributed by atoms with Crippen molar-refractivity contribution in [1.29, 1.82) is 0 Å². The molecule has 0 spiro atoms. The largest absolute Gasteiger partial charge is 0.376 e. The zero-order valence-electron chi connectivity index (χ0n) is 16.7. The summed E-state index contributed by atoms with van der Waals surface area (Å²) in [6.45, 7) is 0.349. The van der Waals surface area contributed by atoms with Gasteiger partial charge in [0, 0.05) is 50.4 Å². The molecule has 30 heavy (non-hydrogen) atoms. The van der Waals surface area contributed by atoms with Gasteiger partial charge >= 0.3 is 0 Å². The Morgan fingerprint density at radius 1 is 1.13 bits per heavy atom. The summed E-state index contributed by atoms with van der Waals surface area (Å²) in [5.74, 6) is -0.277. The van der Waals surface area contributed by atoms with Gasteiger partial charge in [0.2, 0.25) is 0 Å². The molecule has 1 amide bonds. The summed E-state index contributed by atoms with van der Waals surface area (Å²) in [6.07, 6.45) is 1.76. The summed E-state index contributed by atoms with van der Waals surface area (Å²) in [7, 11) is 2.04. The van der Waals surface area contributed by atoms with Crippen molar-refractivity contribution in [3.05, 3.63) is 65.2 Å². The maximum absolute atomic E-state index is 12.7. The Kier molecular flexibility index (Phi) is 7.03. The monoisotopic (exact) mass is 446 g/mol. The molecule has 0 saturated carbocycles. The standard InChI is InChI=1S/C20H22N4O4S2/c1-23(2)17-8-7-15(12-18(17)24(3)28-30(26)27)19(25)22-13-14-5-4-6-16(11-14)20-21-9-10-29-20/h4-12,30H,13H2,1-3H3,(H,22,25). The Morgan fingerprint density at radius 3 is 2.60 bits per heavy atom. The molecule has 1 heterocycles. The summed E-state index contributed by atoms with van der Waals surface area (Å²) >= 11 is 1.56. The third-order valence-corrected chi connectivity index (χ3v) is 5.51. The van der Waals surface area contributed by atoms with Crippen molar-refractivity contribution in [2.75, 3.05) is 31.1 Å². The smallest absolute Gasteiger partial charge is 0.277 e. The van der Waals surface area contributed by atoms with Crippen molar-refractivity contribution in [1.82, 2.24) is 10.3 Å². The topological polar surface area (TPSA) is 91.8 Å². The van der Waals surface area contributed by atoms with E-state index in [-0.39, 0.29) is 5.91 Å². The van der Waals surface area contributed by atoms with Crippen LogP contribution in [-0.2, 0) is 21.8 Å². The van der Waals surface area contributed by atoms with Gasteiger partial charge < -0.3 is 10.2 Å². The molecule has 0 aliphatic carbocycles. The van der Waals surface area contributed by atoms with Gasteiger partial charge in [0.15, 0.2) is 0 Å². The highest BCUT2D eigenvalue weighted by Crippen LogP contribution is 2.29. The number of nitrogens with zero attached hydrogens (tertiary/aromatic N) is 3. The van der Waals surface area contributed by atoms with E-state index in [0.29, 0.717) is 23.5 Å². The van der Waals surface area contributed by atoms with Crippen LogP contribution in [0.25, 0.3) is 10.6 Å². The number of aromatic nitrogens is 1. The quantitative estimate of drug-likeness (QED) is 0.406. The fourth-order valence-electron chi connectivity index (χ4n) is 2.90. The van der Waals surface area contributed by atoms with Crippen LogP contribution in [0.15, 0.2) is 54.0 Å². The lowest BCUT2D eigenvalue weighted by Crippen LogP contribution is -2.25. The molecular formula is C20H22N4O4S2. The SMILES string of the molecule is CN(C)c1ccc(C(=O)NCc2cccc(-c3nccs3)c2)cc1N(C)O[SH](=O)=O. The maximum atomic E-state index is 12.7. The van der Waals surface area contributed by atoms with E-state index in [0.717, 1.165) is 21.2 Å². The number of thiol groups is 1. The van der Waals surface area contributed by atoms with E-state index < -0.39 is 11.0 Å². The molecule has 0 aliphatic heterocycles. The first-order chi connectivity index (χ1) is 14.3. The summed E-state index contributed by atoms with van der Waals surface area (Å²) in [5, 5.41) is 6.86. The Bertz CT molecular complexity index is 1090. The van der Waals surface area contributed by atoms with E-state index in [1.165, 1.54) is 7.05 Å². The zero-order chi connectivity index (χ0) is 21.7. The predicted molar refractivity (Wildman–Crippen MR) is 119 cm³/mol. The van der Waals surface area contributed by atoms with Crippen molar-refractivity contribution in [3.63, 3.8) is 0 Å². The second kappa shape index (κ2) is 9.70.